The van der Waals surface area contributed by atoms with Crippen LogP contribution in [0.25, 0.3) is 0 Å². The van der Waals surface area contributed by atoms with Gasteiger partial charge in [-0.25, -0.2) is 0 Å². The van der Waals surface area contributed by atoms with Gasteiger partial charge in [-0.15, -0.1) is 11.3 Å². The molecule has 1 unspecified atom stereocenters. The van der Waals surface area contributed by atoms with Crippen molar-refractivity contribution in [1.29, 1.82) is 0 Å². The molecule has 2 nitrogen and oxygen atoms in total. The molecular formula is C12H19BrN2S. The highest BCUT2D eigenvalue weighted by Crippen LogP contribution is 2.22. The highest BCUT2D eigenvalue weighted by molar-refractivity contribution is 9.10. The molecule has 0 aromatic carbocycles. The Kier molecular flexibility index (Phi) is 4.82. The van der Waals surface area contributed by atoms with Crippen LogP contribution < -0.4 is 5.32 Å². The highest BCUT2D eigenvalue weighted by Gasteiger charge is 2.14. The van der Waals surface area contributed by atoms with E-state index >= 15 is 0 Å². The van der Waals surface area contributed by atoms with Crippen LogP contribution >= 0.6 is 27.3 Å². The minimum atomic E-state index is 0.693. The number of hydrogen-bond acceptors (Lipinski definition) is 3. The van der Waals surface area contributed by atoms with Crippen LogP contribution in [0.3, 0.4) is 0 Å². The molecule has 1 aromatic heterocycles. The normalized spacial score (nSPS) is 23.2. The van der Waals surface area contributed by atoms with Crippen LogP contribution in [0.5, 0.6) is 0 Å². The summed E-state index contributed by atoms with van der Waals surface area (Å²) in [6.45, 7) is 3.48. The van der Waals surface area contributed by atoms with Crippen LogP contribution in [-0.2, 0) is 6.54 Å². The molecule has 1 N–H and O–H groups in total. The van der Waals surface area contributed by atoms with Gasteiger partial charge in [-0.3, -0.25) is 0 Å². The summed E-state index contributed by atoms with van der Waals surface area (Å²) < 4.78 is 1.25. The quantitative estimate of drug-likeness (QED) is 0.923. The van der Waals surface area contributed by atoms with Crippen LogP contribution in [0.2, 0.25) is 0 Å². The predicted molar refractivity (Wildman–Crippen MR) is 74.0 cm³/mol. The van der Waals surface area contributed by atoms with Crippen LogP contribution in [0.1, 0.15) is 24.1 Å². The van der Waals surface area contributed by atoms with Crippen molar-refractivity contribution in [2.45, 2.75) is 31.8 Å². The zero-order valence-corrected chi connectivity index (χ0v) is 12.1. The number of rotatable bonds is 3. The Balaban J connectivity index is 1.79. The fourth-order valence-electron chi connectivity index (χ4n) is 2.13. The standard InChI is InChI=1S/C12H19BrN2S/c1-15-6-2-3-10(4-7-15)14-9-12-11(13)5-8-16-12/h5,8,10,14H,2-4,6-7,9H2,1H3. The zero-order chi connectivity index (χ0) is 11.4. The summed E-state index contributed by atoms with van der Waals surface area (Å²) in [5.41, 5.74) is 0. The Labute approximate surface area is 110 Å². The summed E-state index contributed by atoms with van der Waals surface area (Å²) in [6, 6.07) is 2.82. The van der Waals surface area contributed by atoms with E-state index in [0.717, 1.165) is 6.54 Å². The Hall–Kier alpha value is 0.100. The molecule has 1 aliphatic rings. The molecule has 1 aromatic rings. The van der Waals surface area contributed by atoms with E-state index < -0.39 is 0 Å². The van der Waals surface area contributed by atoms with E-state index in [1.54, 1.807) is 0 Å². The van der Waals surface area contributed by atoms with Gasteiger partial charge >= 0.3 is 0 Å². The highest BCUT2D eigenvalue weighted by atomic mass is 79.9. The maximum absolute atomic E-state index is 3.68. The van der Waals surface area contributed by atoms with E-state index in [1.165, 1.54) is 41.7 Å². The molecule has 1 atom stereocenters. The van der Waals surface area contributed by atoms with Gasteiger partial charge < -0.3 is 10.2 Å². The summed E-state index contributed by atoms with van der Waals surface area (Å²) in [6.07, 6.45) is 3.91. The van der Waals surface area contributed by atoms with Crippen molar-refractivity contribution in [3.8, 4) is 0 Å². The van der Waals surface area contributed by atoms with Crippen LogP contribution in [-0.4, -0.2) is 31.1 Å². The first-order valence-electron chi connectivity index (χ1n) is 5.89. The van der Waals surface area contributed by atoms with Crippen LogP contribution in [0.4, 0.5) is 0 Å². The molecule has 1 saturated heterocycles. The second-order valence-electron chi connectivity index (χ2n) is 4.50. The van der Waals surface area contributed by atoms with Gasteiger partial charge in [-0.05, 0) is 66.8 Å². The summed E-state index contributed by atoms with van der Waals surface area (Å²) in [4.78, 5) is 3.85. The first-order chi connectivity index (χ1) is 7.75. The van der Waals surface area contributed by atoms with Crippen molar-refractivity contribution >= 4 is 27.3 Å². The Bertz CT molecular complexity index is 327. The molecule has 4 heteroatoms. The molecule has 2 rings (SSSR count). The van der Waals surface area contributed by atoms with Crippen LogP contribution in [0, 0.1) is 0 Å². The van der Waals surface area contributed by atoms with Crippen LogP contribution in [0.15, 0.2) is 15.9 Å². The van der Waals surface area contributed by atoms with Crippen molar-refractivity contribution in [2.75, 3.05) is 20.1 Å². The Morgan fingerprint density at radius 1 is 1.50 bits per heavy atom. The topological polar surface area (TPSA) is 15.3 Å². The second-order valence-corrected chi connectivity index (χ2v) is 6.36. The van der Waals surface area contributed by atoms with Gasteiger partial charge in [0.05, 0.1) is 0 Å². The maximum Gasteiger partial charge on any atom is 0.0327 e. The average Bonchev–Trinajstić information content (AvgIpc) is 2.55. The molecule has 90 valence electrons. The molecule has 1 aliphatic heterocycles. The van der Waals surface area contributed by atoms with Crippen molar-refractivity contribution in [1.82, 2.24) is 10.2 Å². The molecule has 0 aliphatic carbocycles. The molecular weight excluding hydrogens is 284 g/mol. The van der Waals surface area contributed by atoms with E-state index in [1.807, 2.05) is 11.3 Å². The zero-order valence-electron chi connectivity index (χ0n) is 9.71. The summed E-state index contributed by atoms with van der Waals surface area (Å²) in [5, 5.41) is 5.82. The molecule has 0 amide bonds. The van der Waals surface area contributed by atoms with E-state index in [4.69, 9.17) is 0 Å². The lowest BCUT2D eigenvalue weighted by Gasteiger charge is -2.16. The fourth-order valence-corrected chi connectivity index (χ4v) is 3.58. The van der Waals surface area contributed by atoms with Gasteiger partial charge in [-0.2, -0.15) is 0 Å². The van der Waals surface area contributed by atoms with E-state index in [-0.39, 0.29) is 0 Å². The van der Waals surface area contributed by atoms with E-state index in [2.05, 4.69) is 44.6 Å². The van der Waals surface area contributed by atoms with Gasteiger partial charge in [0.1, 0.15) is 0 Å². The molecule has 0 bridgehead atoms. The van der Waals surface area contributed by atoms with Gasteiger partial charge in [0.25, 0.3) is 0 Å². The summed E-state index contributed by atoms with van der Waals surface area (Å²) in [7, 11) is 2.22. The van der Waals surface area contributed by atoms with Crippen molar-refractivity contribution < 1.29 is 0 Å². The van der Waals surface area contributed by atoms with Crippen molar-refractivity contribution in [3.05, 3.63) is 20.8 Å². The number of hydrogen-bond donors (Lipinski definition) is 1. The SMILES string of the molecule is CN1CCCC(NCc2sccc2Br)CC1. The number of nitrogens with zero attached hydrogens (tertiary/aromatic N) is 1. The largest absolute Gasteiger partial charge is 0.309 e. The first kappa shape index (κ1) is 12.6. The number of nitrogens with one attached hydrogen (secondary N) is 1. The third-order valence-corrected chi connectivity index (χ3v) is 5.12. The first-order valence-corrected chi connectivity index (χ1v) is 7.57. The third kappa shape index (κ3) is 3.55. The molecule has 16 heavy (non-hydrogen) atoms. The molecule has 2 heterocycles. The van der Waals surface area contributed by atoms with Gasteiger partial charge in [0.15, 0.2) is 0 Å². The van der Waals surface area contributed by atoms with Gasteiger partial charge in [-0.1, -0.05) is 0 Å². The van der Waals surface area contributed by atoms with Gasteiger partial charge in [0.2, 0.25) is 0 Å². The van der Waals surface area contributed by atoms with Crippen molar-refractivity contribution in [2.24, 2.45) is 0 Å². The lowest BCUT2D eigenvalue weighted by atomic mass is 10.1. The average molecular weight is 303 g/mol. The number of halogens is 1. The Morgan fingerprint density at radius 2 is 2.38 bits per heavy atom. The Morgan fingerprint density at radius 3 is 3.12 bits per heavy atom. The molecule has 1 fully saturated rings. The second kappa shape index (κ2) is 6.15. The smallest absolute Gasteiger partial charge is 0.0327 e. The summed E-state index contributed by atoms with van der Waals surface area (Å²) >= 11 is 5.40. The molecule has 0 saturated carbocycles. The van der Waals surface area contributed by atoms with Gasteiger partial charge in [0, 0.05) is 21.9 Å². The van der Waals surface area contributed by atoms with E-state index in [9.17, 15) is 0 Å². The number of likely N-dealkylation sites (tertiary alicyclic amines) is 1. The fraction of sp³-hybridized carbons (Fsp3) is 0.667. The predicted octanol–water partition coefficient (Wildman–Crippen LogP) is 3.08. The summed E-state index contributed by atoms with van der Waals surface area (Å²) in [5.74, 6) is 0. The van der Waals surface area contributed by atoms with E-state index in [0.29, 0.717) is 6.04 Å². The minimum Gasteiger partial charge on any atom is -0.309 e. The lowest BCUT2D eigenvalue weighted by molar-refractivity contribution is 0.343. The van der Waals surface area contributed by atoms with Crippen molar-refractivity contribution in [3.63, 3.8) is 0 Å². The lowest BCUT2D eigenvalue weighted by Crippen LogP contribution is -2.29. The maximum atomic E-state index is 3.68. The molecule has 0 radical (unpaired) electrons. The minimum absolute atomic E-state index is 0.693. The number of thiophene rings is 1. The monoisotopic (exact) mass is 302 g/mol. The third-order valence-electron chi connectivity index (χ3n) is 3.19. The molecule has 0 spiro atoms.